The van der Waals surface area contributed by atoms with Gasteiger partial charge in [0.25, 0.3) is 0 Å². The van der Waals surface area contributed by atoms with Crippen LogP contribution in [0.2, 0.25) is 0 Å². The van der Waals surface area contributed by atoms with Crippen molar-refractivity contribution in [3.8, 4) is 0 Å². The van der Waals surface area contributed by atoms with Crippen LogP contribution in [-0.2, 0) is 16.1 Å². The number of nitrogens with one attached hydrogen (secondary N) is 1. The molecule has 2 amide bonds. The van der Waals surface area contributed by atoms with Crippen molar-refractivity contribution in [1.82, 2.24) is 10.2 Å². The fourth-order valence-corrected chi connectivity index (χ4v) is 3.99. The summed E-state index contributed by atoms with van der Waals surface area (Å²) in [5, 5.41) is 2.91. The molecule has 27 heavy (non-hydrogen) atoms. The van der Waals surface area contributed by atoms with E-state index in [1.54, 1.807) is 12.1 Å². The second-order valence-electron chi connectivity index (χ2n) is 7.63. The molecule has 1 saturated carbocycles. The molecule has 1 aliphatic heterocycles. The highest BCUT2D eigenvalue weighted by molar-refractivity contribution is 5.87. The number of rotatable bonds is 4. The smallest absolute Gasteiger partial charge is 0.242 e. The average molecular weight is 398 g/mol. The van der Waals surface area contributed by atoms with Crippen LogP contribution in [0.15, 0.2) is 24.3 Å². The minimum atomic E-state index is -0.698. The Morgan fingerprint density at radius 2 is 1.70 bits per heavy atom. The van der Waals surface area contributed by atoms with E-state index in [4.69, 9.17) is 5.73 Å². The summed E-state index contributed by atoms with van der Waals surface area (Å²) in [6, 6.07) is 6.11. The molecule has 7 heteroatoms. The van der Waals surface area contributed by atoms with Crippen LogP contribution in [0.3, 0.4) is 0 Å². The van der Waals surface area contributed by atoms with Crippen LogP contribution >= 0.6 is 12.4 Å². The van der Waals surface area contributed by atoms with E-state index in [9.17, 15) is 14.0 Å². The number of nitrogens with zero attached hydrogens (tertiary/aromatic N) is 1. The van der Waals surface area contributed by atoms with Gasteiger partial charge in [0.05, 0.1) is 5.54 Å². The normalized spacial score (nSPS) is 19.9. The van der Waals surface area contributed by atoms with Gasteiger partial charge in [-0.1, -0.05) is 31.4 Å². The van der Waals surface area contributed by atoms with Crippen molar-refractivity contribution in [2.45, 2.75) is 57.0 Å². The first-order valence-corrected chi connectivity index (χ1v) is 9.58. The highest BCUT2D eigenvalue weighted by atomic mass is 35.5. The number of benzene rings is 1. The van der Waals surface area contributed by atoms with Crippen molar-refractivity contribution < 1.29 is 14.0 Å². The van der Waals surface area contributed by atoms with Crippen molar-refractivity contribution in [2.75, 3.05) is 13.1 Å². The molecule has 1 saturated heterocycles. The number of carbonyl (C=O) groups excluding carboxylic acids is 2. The van der Waals surface area contributed by atoms with E-state index >= 15 is 0 Å². The standard InChI is InChI=1S/C20H28FN3O2.ClH/c21-17-6-4-15(5-7-17)14-23-18(25)16-8-12-24(13-9-16)19(26)20(22)10-2-1-3-11-20;/h4-7,16H,1-3,8-14,22H2,(H,23,25);1H. The lowest BCUT2D eigenvalue weighted by atomic mass is 9.81. The summed E-state index contributed by atoms with van der Waals surface area (Å²) < 4.78 is 12.9. The lowest BCUT2D eigenvalue weighted by Gasteiger charge is -2.39. The van der Waals surface area contributed by atoms with Gasteiger partial charge in [0.2, 0.25) is 11.8 Å². The zero-order valence-electron chi connectivity index (χ0n) is 15.6. The topological polar surface area (TPSA) is 75.4 Å². The van der Waals surface area contributed by atoms with Crippen molar-refractivity contribution in [3.63, 3.8) is 0 Å². The molecule has 0 radical (unpaired) electrons. The fourth-order valence-electron chi connectivity index (χ4n) is 3.99. The second kappa shape index (κ2) is 9.51. The Kier molecular flexibility index (Phi) is 7.62. The first-order chi connectivity index (χ1) is 12.5. The lowest BCUT2D eigenvalue weighted by molar-refractivity contribution is -0.141. The van der Waals surface area contributed by atoms with E-state index in [1.165, 1.54) is 12.1 Å². The lowest BCUT2D eigenvalue weighted by Crippen LogP contribution is -2.58. The van der Waals surface area contributed by atoms with Crippen LogP contribution < -0.4 is 11.1 Å². The number of hydrogen-bond acceptors (Lipinski definition) is 3. The first kappa shape index (κ1) is 21.6. The molecule has 5 nitrogen and oxygen atoms in total. The van der Waals surface area contributed by atoms with Gasteiger partial charge in [-0.05, 0) is 43.4 Å². The van der Waals surface area contributed by atoms with Crippen LogP contribution in [0.1, 0.15) is 50.5 Å². The third-order valence-electron chi connectivity index (χ3n) is 5.70. The minimum Gasteiger partial charge on any atom is -0.352 e. The molecule has 1 aromatic rings. The Balaban J connectivity index is 0.00000261. The Labute approximate surface area is 166 Å². The van der Waals surface area contributed by atoms with Gasteiger partial charge in [0, 0.05) is 25.6 Å². The zero-order valence-corrected chi connectivity index (χ0v) is 16.4. The highest BCUT2D eigenvalue weighted by Gasteiger charge is 2.39. The number of likely N-dealkylation sites (tertiary alicyclic amines) is 1. The minimum absolute atomic E-state index is 0. The van der Waals surface area contributed by atoms with Crippen LogP contribution in [-0.4, -0.2) is 35.3 Å². The molecular weight excluding hydrogens is 369 g/mol. The van der Waals surface area contributed by atoms with Crippen molar-refractivity contribution in [1.29, 1.82) is 0 Å². The summed E-state index contributed by atoms with van der Waals surface area (Å²) in [4.78, 5) is 27.0. The molecule has 1 aromatic carbocycles. The molecule has 2 aliphatic rings. The van der Waals surface area contributed by atoms with E-state index in [-0.39, 0.29) is 36.0 Å². The Hall–Kier alpha value is -1.66. The fraction of sp³-hybridized carbons (Fsp3) is 0.600. The summed E-state index contributed by atoms with van der Waals surface area (Å²) in [7, 11) is 0. The van der Waals surface area contributed by atoms with Crippen LogP contribution in [0.4, 0.5) is 4.39 Å². The summed E-state index contributed by atoms with van der Waals surface area (Å²) >= 11 is 0. The third kappa shape index (κ3) is 5.42. The van der Waals surface area contributed by atoms with E-state index in [0.717, 1.165) is 37.7 Å². The Bertz CT molecular complexity index is 639. The monoisotopic (exact) mass is 397 g/mol. The molecule has 2 fully saturated rings. The predicted molar refractivity (Wildman–Crippen MR) is 105 cm³/mol. The molecule has 3 rings (SSSR count). The maximum atomic E-state index is 12.9. The van der Waals surface area contributed by atoms with Gasteiger partial charge in [-0.25, -0.2) is 4.39 Å². The Morgan fingerprint density at radius 1 is 1.11 bits per heavy atom. The number of halogens is 2. The van der Waals surface area contributed by atoms with Gasteiger partial charge in [0.15, 0.2) is 0 Å². The van der Waals surface area contributed by atoms with Gasteiger partial charge in [-0.15, -0.1) is 12.4 Å². The maximum absolute atomic E-state index is 12.9. The molecule has 0 unspecified atom stereocenters. The molecule has 0 spiro atoms. The summed E-state index contributed by atoms with van der Waals surface area (Å²) in [6.45, 7) is 1.57. The number of carbonyl (C=O) groups is 2. The first-order valence-electron chi connectivity index (χ1n) is 9.58. The number of hydrogen-bond donors (Lipinski definition) is 2. The summed E-state index contributed by atoms with van der Waals surface area (Å²) in [6.07, 6.45) is 6.06. The molecule has 0 atom stereocenters. The quantitative estimate of drug-likeness (QED) is 0.820. The number of amides is 2. The van der Waals surface area contributed by atoms with E-state index in [1.807, 2.05) is 4.90 Å². The van der Waals surface area contributed by atoms with Gasteiger partial charge < -0.3 is 16.0 Å². The number of piperidine rings is 1. The van der Waals surface area contributed by atoms with Gasteiger partial charge in [0.1, 0.15) is 5.82 Å². The van der Waals surface area contributed by atoms with Gasteiger partial charge >= 0.3 is 0 Å². The second-order valence-corrected chi connectivity index (χ2v) is 7.63. The summed E-state index contributed by atoms with van der Waals surface area (Å²) in [5.41, 5.74) is 6.53. The van der Waals surface area contributed by atoms with Gasteiger partial charge in [-0.3, -0.25) is 9.59 Å². The molecule has 150 valence electrons. The van der Waals surface area contributed by atoms with Crippen molar-refractivity contribution in [2.24, 2.45) is 11.7 Å². The average Bonchev–Trinajstić information content (AvgIpc) is 2.67. The van der Waals surface area contributed by atoms with E-state index < -0.39 is 5.54 Å². The molecule has 3 N–H and O–H groups in total. The number of nitrogens with two attached hydrogens (primary N) is 1. The zero-order chi connectivity index (χ0) is 18.6. The molecule has 1 aliphatic carbocycles. The highest BCUT2D eigenvalue weighted by Crippen LogP contribution is 2.29. The van der Waals surface area contributed by atoms with Crippen LogP contribution in [0, 0.1) is 11.7 Å². The molecule has 1 heterocycles. The predicted octanol–water partition coefficient (Wildman–Crippen LogP) is 2.76. The van der Waals surface area contributed by atoms with Crippen molar-refractivity contribution in [3.05, 3.63) is 35.6 Å². The van der Waals surface area contributed by atoms with Gasteiger partial charge in [-0.2, -0.15) is 0 Å². The largest absolute Gasteiger partial charge is 0.352 e. The SMILES string of the molecule is Cl.NC1(C(=O)N2CCC(C(=O)NCc3ccc(F)cc3)CC2)CCCCC1. The van der Waals surface area contributed by atoms with Crippen LogP contribution in [0.25, 0.3) is 0 Å². The maximum Gasteiger partial charge on any atom is 0.242 e. The van der Waals surface area contributed by atoms with E-state index in [0.29, 0.717) is 32.5 Å². The third-order valence-corrected chi connectivity index (χ3v) is 5.70. The molecular formula is C20H29ClFN3O2. The van der Waals surface area contributed by atoms with Crippen molar-refractivity contribution >= 4 is 24.2 Å². The Morgan fingerprint density at radius 3 is 2.30 bits per heavy atom. The summed E-state index contributed by atoms with van der Waals surface area (Å²) in [5.74, 6) is -0.309. The molecule has 0 bridgehead atoms. The van der Waals surface area contributed by atoms with Crippen LogP contribution in [0.5, 0.6) is 0 Å². The molecule has 0 aromatic heterocycles. The van der Waals surface area contributed by atoms with E-state index in [2.05, 4.69) is 5.32 Å².